The van der Waals surface area contributed by atoms with E-state index in [0.29, 0.717) is 17.9 Å². The third-order valence-corrected chi connectivity index (χ3v) is 2.53. The van der Waals surface area contributed by atoms with Gasteiger partial charge in [0, 0.05) is 11.1 Å². The highest BCUT2D eigenvalue weighted by molar-refractivity contribution is 6.31. The molecule has 1 aromatic rings. The van der Waals surface area contributed by atoms with Gasteiger partial charge < -0.3 is 0 Å². The van der Waals surface area contributed by atoms with Gasteiger partial charge >= 0.3 is 0 Å². The van der Waals surface area contributed by atoms with Crippen LogP contribution in [0.4, 0.5) is 4.39 Å². The van der Waals surface area contributed by atoms with E-state index in [0.717, 1.165) is 5.56 Å². The molecule has 0 aliphatic rings. The first-order chi connectivity index (χ1) is 7.17. The lowest BCUT2D eigenvalue weighted by atomic mass is 10.0. The summed E-state index contributed by atoms with van der Waals surface area (Å²) in [6, 6.07) is 4.34. The van der Waals surface area contributed by atoms with Crippen LogP contribution in [0.5, 0.6) is 0 Å². The molecule has 0 heterocycles. The van der Waals surface area contributed by atoms with Gasteiger partial charge in [-0.2, -0.15) is 0 Å². The van der Waals surface area contributed by atoms with Gasteiger partial charge in [0.2, 0.25) is 0 Å². The second-order valence-corrected chi connectivity index (χ2v) is 3.74. The molecule has 1 rings (SSSR count). The fourth-order valence-corrected chi connectivity index (χ4v) is 1.57. The van der Waals surface area contributed by atoms with E-state index < -0.39 is 0 Å². The van der Waals surface area contributed by atoms with Gasteiger partial charge in [-0.3, -0.25) is 11.3 Å². The number of hydrogen-bond donors (Lipinski definition) is 2. The van der Waals surface area contributed by atoms with E-state index in [9.17, 15) is 4.39 Å². The normalized spacial score (nSPS) is 12.5. The van der Waals surface area contributed by atoms with Gasteiger partial charge in [0.15, 0.2) is 0 Å². The van der Waals surface area contributed by atoms with Crippen molar-refractivity contribution in [2.45, 2.75) is 18.9 Å². The van der Waals surface area contributed by atoms with Crippen LogP contribution < -0.4 is 11.3 Å². The number of hydrogen-bond acceptors (Lipinski definition) is 2. The number of nitrogens with two attached hydrogens (primary N) is 1. The van der Waals surface area contributed by atoms with E-state index in [1.165, 1.54) is 12.1 Å². The first-order valence-electron chi connectivity index (χ1n) is 4.68. The maximum atomic E-state index is 13.0. The molecule has 0 fully saturated rings. The smallest absolute Gasteiger partial charge is 0.123 e. The lowest BCUT2D eigenvalue weighted by molar-refractivity contribution is 0.529. The van der Waals surface area contributed by atoms with Crippen LogP contribution in [-0.2, 0) is 6.42 Å². The van der Waals surface area contributed by atoms with Crippen molar-refractivity contribution in [1.29, 1.82) is 0 Å². The predicted octanol–water partition coefficient (Wildman–Crippen LogP) is 2.43. The summed E-state index contributed by atoms with van der Waals surface area (Å²) in [6.45, 7) is 3.63. The molecule has 0 aliphatic carbocycles. The molecule has 0 bridgehead atoms. The van der Waals surface area contributed by atoms with E-state index in [-0.39, 0.29) is 11.9 Å². The fourth-order valence-electron chi connectivity index (χ4n) is 1.38. The van der Waals surface area contributed by atoms with Crippen molar-refractivity contribution in [3.63, 3.8) is 0 Å². The predicted molar refractivity (Wildman–Crippen MR) is 61.0 cm³/mol. The van der Waals surface area contributed by atoms with Crippen molar-refractivity contribution in [2.75, 3.05) is 0 Å². The Bertz CT molecular complexity index is 341. The minimum Gasteiger partial charge on any atom is -0.271 e. The van der Waals surface area contributed by atoms with Crippen molar-refractivity contribution in [3.8, 4) is 0 Å². The molecule has 0 spiro atoms. The van der Waals surface area contributed by atoms with Gasteiger partial charge in [0.05, 0.1) is 0 Å². The number of benzene rings is 1. The maximum Gasteiger partial charge on any atom is 0.123 e. The summed E-state index contributed by atoms with van der Waals surface area (Å²) in [5.74, 6) is 5.07. The number of halogens is 2. The van der Waals surface area contributed by atoms with Gasteiger partial charge in [-0.05, 0) is 36.6 Å². The Balaban J connectivity index is 2.77. The van der Waals surface area contributed by atoms with Gasteiger partial charge in [0.25, 0.3) is 0 Å². The van der Waals surface area contributed by atoms with Gasteiger partial charge in [-0.15, -0.1) is 6.58 Å². The summed E-state index contributed by atoms with van der Waals surface area (Å²) >= 11 is 5.94. The monoisotopic (exact) mass is 228 g/mol. The Morgan fingerprint density at radius 1 is 1.60 bits per heavy atom. The van der Waals surface area contributed by atoms with Crippen LogP contribution in [0.1, 0.15) is 12.0 Å². The van der Waals surface area contributed by atoms with E-state index in [1.54, 1.807) is 12.1 Å². The number of nitrogens with one attached hydrogen (secondary N) is 1. The highest BCUT2D eigenvalue weighted by atomic mass is 35.5. The van der Waals surface area contributed by atoms with Crippen LogP contribution in [0.2, 0.25) is 5.02 Å². The molecule has 0 aliphatic heterocycles. The topological polar surface area (TPSA) is 38.0 Å². The van der Waals surface area contributed by atoms with Crippen molar-refractivity contribution in [2.24, 2.45) is 5.84 Å². The molecule has 3 N–H and O–H groups in total. The summed E-state index contributed by atoms with van der Waals surface area (Å²) in [6.07, 6.45) is 3.06. The van der Waals surface area contributed by atoms with Crippen molar-refractivity contribution < 1.29 is 4.39 Å². The number of rotatable bonds is 5. The third-order valence-electron chi connectivity index (χ3n) is 2.16. The van der Waals surface area contributed by atoms with E-state index in [1.807, 2.05) is 0 Å². The van der Waals surface area contributed by atoms with E-state index in [2.05, 4.69) is 12.0 Å². The van der Waals surface area contributed by atoms with Crippen LogP contribution in [0.25, 0.3) is 0 Å². The molecule has 1 unspecified atom stereocenters. The van der Waals surface area contributed by atoms with Crippen molar-refractivity contribution >= 4 is 11.6 Å². The quantitative estimate of drug-likeness (QED) is 0.462. The molecule has 0 aromatic heterocycles. The minimum absolute atomic E-state index is 0.0294. The zero-order valence-electron chi connectivity index (χ0n) is 8.34. The van der Waals surface area contributed by atoms with Crippen LogP contribution in [0.15, 0.2) is 30.9 Å². The average Bonchev–Trinajstić information content (AvgIpc) is 2.22. The van der Waals surface area contributed by atoms with Gasteiger partial charge in [-0.1, -0.05) is 17.7 Å². The second kappa shape index (κ2) is 5.85. The third kappa shape index (κ3) is 3.63. The summed E-state index contributed by atoms with van der Waals surface area (Å²) < 4.78 is 13.0. The second-order valence-electron chi connectivity index (χ2n) is 3.33. The molecule has 15 heavy (non-hydrogen) atoms. The van der Waals surface area contributed by atoms with Crippen LogP contribution in [0.3, 0.4) is 0 Å². The average molecular weight is 229 g/mol. The summed E-state index contributed by atoms with van der Waals surface area (Å²) in [5.41, 5.74) is 3.40. The van der Waals surface area contributed by atoms with Crippen molar-refractivity contribution in [3.05, 3.63) is 47.3 Å². The number of hydrazine groups is 1. The highest BCUT2D eigenvalue weighted by Gasteiger charge is 2.09. The highest BCUT2D eigenvalue weighted by Crippen LogP contribution is 2.19. The first-order valence-corrected chi connectivity index (χ1v) is 5.06. The molecule has 0 radical (unpaired) electrons. The van der Waals surface area contributed by atoms with Gasteiger partial charge in [-0.25, -0.2) is 4.39 Å². The van der Waals surface area contributed by atoms with Gasteiger partial charge in [0.1, 0.15) is 5.82 Å². The van der Waals surface area contributed by atoms with Crippen LogP contribution in [-0.4, -0.2) is 6.04 Å². The lowest BCUT2D eigenvalue weighted by Gasteiger charge is -2.14. The summed E-state index contributed by atoms with van der Waals surface area (Å²) in [7, 11) is 0. The summed E-state index contributed by atoms with van der Waals surface area (Å²) in [4.78, 5) is 0. The zero-order valence-corrected chi connectivity index (χ0v) is 9.10. The molecular formula is C11H14ClFN2. The first kappa shape index (κ1) is 12.2. The fraction of sp³-hybridized carbons (Fsp3) is 0.273. The lowest BCUT2D eigenvalue weighted by Crippen LogP contribution is -2.36. The minimum atomic E-state index is -0.288. The maximum absolute atomic E-state index is 13.0. The van der Waals surface area contributed by atoms with Crippen LogP contribution >= 0.6 is 11.6 Å². The molecule has 1 atom stereocenters. The largest absolute Gasteiger partial charge is 0.271 e. The molecule has 0 amide bonds. The zero-order chi connectivity index (χ0) is 11.3. The standard InChI is InChI=1S/C11H14ClFN2/c1-2-3-10(15-14)7-8-6-9(13)4-5-11(8)12/h2,4-6,10,15H,1,3,7,14H2. The molecular weight excluding hydrogens is 215 g/mol. The molecule has 82 valence electrons. The Morgan fingerprint density at radius 3 is 2.93 bits per heavy atom. The Morgan fingerprint density at radius 2 is 2.33 bits per heavy atom. The van der Waals surface area contributed by atoms with E-state index >= 15 is 0 Å². The molecule has 0 saturated carbocycles. The summed E-state index contributed by atoms with van der Waals surface area (Å²) in [5, 5.41) is 0.556. The molecule has 4 heteroatoms. The Hall–Kier alpha value is -0.900. The molecule has 2 nitrogen and oxygen atoms in total. The Kier molecular flexibility index (Phi) is 4.75. The SMILES string of the molecule is C=CCC(Cc1cc(F)ccc1Cl)NN. The van der Waals surface area contributed by atoms with E-state index in [4.69, 9.17) is 17.4 Å². The Labute approximate surface area is 93.9 Å². The molecule has 0 saturated heterocycles. The van der Waals surface area contributed by atoms with Crippen molar-refractivity contribution in [1.82, 2.24) is 5.43 Å². The van der Waals surface area contributed by atoms with Crippen LogP contribution in [0, 0.1) is 5.82 Å². The molecule has 1 aromatic carbocycles.